The van der Waals surface area contributed by atoms with Gasteiger partial charge >= 0.3 is 0 Å². The Hall–Kier alpha value is -1.58. The van der Waals surface area contributed by atoms with Gasteiger partial charge in [-0.15, -0.1) is 0 Å². The number of aryl methyl sites for hydroxylation is 1. The van der Waals surface area contributed by atoms with Gasteiger partial charge in [0.15, 0.2) is 0 Å². The van der Waals surface area contributed by atoms with Crippen molar-refractivity contribution in [3.63, 3.8) is 0 Å². The van der Waals surface area contributed by atoms with Crippen molar-refractivity contribution < 1.29 is 0 Å². The van der Waals surface area contributed by atoms with E-state index in [4.69, 9.17) is 0 Å². The van der Waals surface area contributed by atoms with Crippen molar-refractivity contribution in [2.75, 3.05) is 0 Å². The molecule has 0 saturated carbocycles. The normalized spacial score (nSPS) is 10.4. The molecule has 2 aromatic rings. The standard InChI is InChI=1S/C8H10N4/c1-8-9-4-6-11(8)7-12-5-2-3-10-12/h2-6H,7H2,1H3. The van der Waals surface area contributed by atoms with Gasteiger partial charge in [-0.2, -0.15) is 5.10 Å². The molecular weight excluding hydrogens is 152 g/mol. The predicted octanol–water partition coefficient (Wildman–Crippen LogP) is 0.894. The van der Waals surface area contributed by atoms with Gasteiger partial charge in [0.1, 0.15) is 12.5 Å². The highest BCUT2D eigenvalue weighted by Gasteiger charge is 1.95. The number of imidazole rings is 1. The molecule has 0 bridgehead atoms. The van der Waals surface area contributed by atoms with E-state index >= 15 is 0 Å². The number of hydrogen-bond acceptors (Lipinski definition) is 2. The predicted molar refractivity (Wildman–Crippen MR) is 44.6 cm³/mol. The maximum atomic E-state index is 4.12. The van der Waals surface area contributed by atoms with Crippen LogP contribution in [-0.4, -0.2) is 19.3 Å². The zero-order valence-corrected chi connectivity index (χ0v) is 6.88. The van der Waals surface area contributed by atoms with Crippen LogP contribution in [0.2, 0.25) is 0 Å². The van der Waals surface area contributed by atoms with E-state index in [9.17, 15) is 0 Å². The van der Waals surface area contributed by atoms with Crippen LogP contribution in [0.5, 0.6) is 0 Å². The summed E-state index contributed by atoms with van der Waals surface area (Å²) in [5.41, 5.74) is 0. The molecule has 0 radical (unpaired) electrons. The van der Waals surface area contributed by atoms with E-state index in [1.54, 1.807) is 12.4 Å². The monoisotopic (exact) mass is 162 g/mol. The Bertz CT molecular complexity index is 347. The fourth-order valence-corrected chi connectivity index (χ4v) is 1.09. The highest BCUT2D eigenvalue weighted by molar-refractivity contribution is 4.89. The van der Waals surface area contributed by atoms with Crippen molar-refractivity contribution in [2.24, 2.45) is 0 Å². The van der Waals surface area contributed by atoms with Gasteiger partial charge < -0.3 is 4.57 Å². The lowest BCUT2D eigenvalue weighted by atomic mass is 10.7. The van der Waals surface area contributed by atoms with E-state index < -0.39 is 0 Å². The first-order valence-corrected chi connectivity index (χ1v) is 3.81. The molecule has 0 aliphatic heterocycles. The minimum absolute atomic E-state index is 0.735. The summed E-state index contributed by atoms with van der Waals surface area (Å²) in [5, 5.41) is 4.10. The van der Waals surface area contributed by atoms with E-state index in [1.807, 2.05) is 34.6 Å². The molecule has 0 amide bonds. The lowest BCUT2D eigenvalue weighted by Gasteiger charge is -2.03. The molecule has 0 N–H and O–H groups in total. The largest absolute Gasteiger partial charge is 0.315 e. The van der Waals surface area contributed by atoms with Crippen molar-refractivity contribution in [1.29, 1.82) is 0 Å². The Morgan fingerprint density at radius 2 is 2.25 bits per heavy atom. The van der Waals surface area contributed by atoms with Crippen LogP contribution in [0.15, 0.2) is 30.9 Å². The first-order valence-electron chi connectivity index (χ1n) is 3.81. The van der Waals surface area contributed by atoms with E-state index in [1.165, 1.54) is 0 Å². The molecule has 4 heteroatoms. The Kier molecular flexibility index (Phi) is 1.66. The third-order valence-corrected chi connectivity index (χ3v) is 1.78. The molecule has 12 heavy (non-hydrogen) atoms. The molecule has 0 unspecified atom stereocenters. The van der Waals surface area contributed by atoms with Crippen molar-refractivity contribution in [3.05, 3.63) is 36.7 Å². The van der Waals surface area contributed by atoms with Crippen LogP contribution in [0.1, 0.15) is 5.82 Å². The summed E-state index contributed by atoms with van der Waals surface area (Å²) in [7, 11) is 0. The highest BCUT2D eigenvalue weighted by atomic mass is 15.3. The summed E-state index contributed by atoms with van der Waals surface area (Å²) in [6.07, 6.45) is 7.43. The summed E-state index contributed by atoms with van der Waals surface area (Å²) in [5.74, 6) is 1.01. The molecule has 0 fully saturated rings. The summed E-state index contributed by atoms with van der Waals surface area (Å²) in [4.78, 5) is 4.12. The van der Waals surface area contributed by atoms with Gasteiger partial charge in [0.2, 0.25) is 0 Å². The van der Waals surface area contributed by atoms with E-state index in [0.29, 0.717) is 0 Å². The average molecular weight is 162 g/mol. The van der Waals surface area contributed by atoms with Crippen molar-refractivity contribution in [2.45, 2.75) is 13.6 Å². The van der Waals surface area contributed by atoms with E-state index in [-0.39, 0.29) is 0 Å². The molecule has 2 heterocycles. The number of rotatable bonds is 2. The van der Waals surface area contributed by atoms with E-state index in [0.717, 1.165) is 12.5 Å². The van der Waals surface area contributed by atoms with Gasteiger partial charge in [-0.25, -0.2) is 4.98 Å². The number of hydrogen-bond donors (Lipinski definition) is 0. The Labute approximate surface area is 70.5 Å². The van der Waals surface area contributed by atoms with Crippen molar-refractivity contribution in [3.8, 4) is 0 Å². The quantitative estimate of drug-likeness (QED) is 0.657. The molecule has 0 spiro atoms. The highest BCUT2D eigenvalue weighted by Crippen LogP contribution is 1.95. The van der Waals surface area contributed by atoms with Crippen LogP contribution in [-0.2, 0) is 6.67 Å². The van der Waals surface area contributed by atoms with Crippen LogP contribution in [0, 0.1) is 6.92 Å². The molecule has 62 valence electrons. The number of nitrogens with zero attached hydrogens (tertiary/aromatic N) is 4. The lowest BCUT2D eigenvalue weighted by Crippen LogP contribution is -2.08. The smallest absolute Gasteiger partial charge is 0.117 e. The fourth-order valence-electron chi connectivity index (χ4n) is 1.09. The molecule has 4 nitrogen and oxygen atoms in total. The zero-order valence-electron chi connectivity index (χ0n) is 6.88. The summed E-state index contributed by atoms with van der Waals surface area (Å²) < 4.78 is 3.89. The lowest BCUT2D eigenvalue weighted by molar-refractivity contribution is 0.537. The van der Waals surface area contributed by atoms with E-state index in [2.05, 4.69) is 10.1 Å². The minimum atomic E-state index is 0.735. The molecule has 0 aromatic carbocycles. The van der Waals surface area contributed by atoms with Crippen LogP contribution < -0.4 is 0 Å². The average Bonchev–Trinajstić information content (AvgIpc) is 2.65. The summed E-state index contributed by atoms with van der Waals surface area (Å²) >= 11 is 0. The second-order valence-electron chi connectivity index (χ2n) is 2.63. The molecule has 2 aromatic heterocycles. The van der Waals surface area contributed by atoms with Gasteiger partial charge in [-0.05, 0) is 13.0 Å². The number of aromatic nitrogens is 4. The first-order chi connectivity index (χ1) is 5.86. The van der Waals surface area contributed by atoms with Crippen LogP contribution in [0.3, 0.4) is 0 Å². The zero-order chi connectivity index (χ0) is 8.39. The van der Waals surface area contributed by atoms with Crippen molar-refractivity contribution >= 4 is 0 Å². The van der Waals surface area contributed by atoms with Gasteiger partial charge in [-0.1, -0.05) is 0 Å². The maximum absolute atomic E-state index is 4.12. The van der Waals surface area contributed by atoms with Crippen LogP contribution >= 0.6 is 0 Å². The van der Waals surface area contributed by atoms with Gasteiger partial charge in [0.25, 0.3) is 0 Å². The van der Waals surface area contributed by atoms with Gasteiger partial charge in [0.05, 0.1) is 0 Å². The third-order valence-electron chi connectivity index (χ3n) is 1.78. The molecule has 0 atom stereocenters. The van der Waals surface area contributed by atoms with Gasteiger partial charge in [-0.3, -0.25) is 4.68 Å². The molecule has 2 rings (SSSR count). The van der Waals surface area contributed by atoms with Crippen LogP contribution in [0.25, 0.3) is 0 Å². The second-order valence-corrected chi connectivity index (χ2v) is 2.63. The van der Waals surface area contributed by atoms with Crippen molar-refractivity contribution in [1.82, 2.24) is 19.3 Å². The minimum Gasteiger partial charge on any atom is -0.315 e. The third kappa shape index (κ3) is 1.23. The molecule has 0 saturated heterocycles. The molecule has 0 aliphatic carbocycles. The Balaban J connectivity index is 2.20. The molecular formula is C8H10N4. The topological polar surface area (TPSA) is 35.6 Å². The maximum Gasteiger partial charge on any atom is 0.117 e. The summed E-state index contributed by atoms with van der Waals surface area (Å²) in [6.45, 7) is 2.71. The fraction of sp³-hybridized carbons (Fsp3) is 0.250. The Morgan fingerprint density at radius 1 is 1.33 bits per heavy atom. The summed E-state index contributed by atoms with van der Waals surface area (Å²) in [6, 6.07) is 1.91. The van der Waals surface area contributed by atoms with Crippen LogP contribution in [0.4, 0.5) is 0 Å². The molecule has 0 aliphatic rings. The van der Waals surface area contributed by atoms with Gasteiger partial charge in [0, 0.05) is 24.8 Å². The SMILES string of the molecule is Cc1nccn1Cn1cccn1. The second kappa shape index (κ2) is 2.81. The Morgan fingerprint density at radius 3 is 2.83 bits per heavy atom. The first kappa shape index (κ1) is 7.09.